The van der Waals surface area contributed by atoms with Crippen LogP contribution in [-0.2, 0) is 14.6 Å². The predicted octanol–water partition coefficient (Wildman–Crippen LogP) is 3.60. The van der Waals surface area contributed by atoms with Gasteiger partial charge in [0.2, 0.25) is 0 Å². The van der Waals surface area contributed by atoms with Crippen LogP contribution in [0.25, 0.3) is 5.57 Å². The second kappa shape index (κ2) is 8.00. The van der Waals surface area contributed by atoms with Gasteiger partial charge in [-0.05, 0) is 49.4 Å². The Morgan fingerprint density at radius 2 is 1.93 bits per heavy atom. The summed E-state index contributed by atoms with van der Waals surface area (Å²) in [5, 5.41) is 0.169. The van der Waals surface area contributed by atoms with Gasteiger partial charge in [0, 0.05) is 36.3 Å². The van der Waals surface area contributed by atoms with Crippen LogP contribution in [0.15, 0.2) is 46.1 Å². The van der Waals surface area contributed by atoms with E-state index in [1.54, 1.807) is 25.1 Å². The molecule has 144 valence electrons. The maximum atomic E-state index is 12.1. The van der Waals surface area contributed by atoms with Crippen LogP contribution in [0.1, 0.15) is 29.7 Å². The number of ether oxygens (including phenoxy) is 1. The molecule has 1 aliphatic rings. The lowest BCUT2D eigenvalue weighted by Gasteiger charge is -2.21. The van der Waals surface area contributed by atoms with Crippen molar-refractivity contribution in [1.82, 2.24) is 4.98 Å². The van der Waals surface area contributed by atoms with Crippen LogP contribution in [0.2, 0.25) is 5.02 Å². The summed E-state index contributed by atoms with van der Waals surface area (Å²) in [7, 11) is -3.41. The van der Waals surface area contributed by atoms with Gasteiger partial charge in [0.25, 0.3) is 5.56 Å². The topological polar surface area (TPSA) is 76.2 Å². The van der Waals surface area contributed by atoms with Gasteiger partial charge < -0.3 is 9.72 Å². The summed E-state index contributed by atoms with van der Waals surface area (Å²) in [5.74, 6) is 0.312. The van der Waals surface area contributed by atoms with Crippen molar-refractivity contribution < 1.29 is 13.2 Å². The molecule has 0 atom stereocenters. The third-order valence-electron chi connectivity index (χ3n) is 4.71. The minimum absolute atomic E-state index is 0.0933. The molecule has 0 amide bonds. The van der Waals surface area contributed by atoms with Gasteiger partial charge in [-0.25, -0.2) is 8.42 Å². The molecule has 27 heavy (non-hydrogen) atoms. The standard InChI is InChI=1S/C20H22ClNO4S/c1-13-3-5-18(22-20(13)23)16(11-14-7-9-26-10-8-14)15-4-6-19(17(21)12-15)27(2,24)25/h3-6,11-12,14H,7-10H2,1-2H3,(H,22,23)/b16-11-. The zero-order valence-electron chi connectivity index (χ0n) is 15.3. The summed E-state index contributed by atoms with van der Waals surface area (Å²) >= 11 is 6.25. The molecule has 1 N–H and O–H groups in total. The van der Waals surface area contributed by atoms with E-state index < -0.39 is 9.84 Å². The number of pyridine rings is 1. The fraction of sp³-hybridized carbons (Fsp3) is 0.350. The number of sulfone groups is 1. The molecule has 0 radical (unpaired) electrons. The van der Waals surface area contributed by atoms with E-state index >= 15 is 0 Å². The molecular formula is C20H22ClNO4S. The summed E-state index contributed by atoms with van der Waals surface area (Å²) in [6.45, 7) is 3.15. The van der Waals surface area contributed by atoms with Crippen molar-refractivity contribution >= 4 is 27.0 Å². The highest BCUT2D eigenvalue weighted by Gasteiger charge is 2.18. The van der Waals surface area contributed by atoms with Crippen LogP contribution in [0.5, 0.6) is 0 Å². The van der Waals surface area contributed by atoms with E-state index in [0.29, 0.717) is 30.4 Å². The van der Waals surface area contributed by atoms with Crippen LogP contribution in [0.3, 0.4) is 0 Å². The third kappa shape index (κ3) is 4.69. The van der Waals surface area contributed by atoms with E-state index in [9.17, 15) is 13.2 Å². The van der Waals surface area contributed by atoms with Crippen molar-refractivity contribution in [3.8, 4) is 0 Å². The van der Waals surface area contributed by atoms with Crippen molar-refractivity contribution in [3.63, 3.8) is 0 Å². The normalized spacial score (nSPS) is 16.5. The van der Waals surface area contributed by atoms with Crippen LogP contribution >= 0.6 is 11.6 Å². The van der Waals surface area contributed by atoms with E-state index in [4.69, 9.17) is 16.3 Å². The fourth-order valence-electron chi connectivity index (χ4n) is 3.13. The minimum Gasteiger partial charge on any atom is -0.381 e. The van der Waals surface area contributed by atoms with E-state index in [1.807, 2.05) is 6.07 Å². The van der Waals surface area contributed by atoms with Gasteiger partial charge >= 0.3 is 0 Å². The van der Waals surface area contributed by atoms with E-state index in [2.05, 4.69) is 11.1 Å². The van der Waals surface area contributed by atoms with Crippen LogP contribution in [0, 0.1) is 12.8 Å². The number of hydrogen-bond donors (Lipinski definition) is 1. The molecule has 2 heterocycles. The number of benzene rings is 1. The fourth-order valence-corrected chi connectivity index (χ4v) is 4.46. The number of aromatic amines is 1. The summed E-state index contributed by atoms with van der Waals surface area (Å²) < 4.78 is 29.1. The molecule has 1 fully saturated rings. The highest BCUT2D eigenvalue weighted by atomic mass is 35.5. The summed E-state index contributed by atoms with van der Waals surface area (Å²) in [6.07, 6.45) is 5.04. The van der Waals surface area contributed by atoms with Crippen LogP contribution in [0.4, 0.5) is 0 Å². The predicted molar refractivity (Wildman–Crippen MR) is 107 cm³/mol. The van der Waals surface area contributed by atoms with Gasteiger partial charge in [-0.2, -0.15) is 0 Å². The lowest BCUT2D eigenvalue weighted by atomic mass is 9.92. The number of hydrogen-bond acceptors (Lipinski definition) is 4. The summed E-state index contributed by atoms with van der Waals surface area (Å²) in [6, 6.07) is 8.52. The molecular weight excluding hydrogens is 386 g/mol. The molecule has 0 spiro atoms. The number of nitrogens with one attached hydrogen (secondary N) is 1. The van der Waals surface area contributed by atoms with E-state index in [-0.39, 0.29) is 15.5 Å². The highest BCUT2D eigenvalue weighted by Crippen LogP contribution is 2.31. The molecule has 0 bridgehead atoms. The zero-order valence-corrected chi connectivity index (χ0v) is 16.9. The second-order valence-electron chi connectivity index (χ2n) is 6.83. The third-order valence-corrected chi connectivity index (χ3v) is 6.29. The van der Waals surface area contributed by atoms with Crippen LogP contribution in [-0.4, -0.2) is 32.9 Å². The van der Waals surface area contributed by atoms with Gasteiger partial charge in [0.15, 0.2) is 9.84 Å². The van der Waals surface area contributed by atoms with E-state index in [0.717, 1.165) is 30.2 Å². The Hall–Kier alpha value is -1.89. The Morgan fingerprint density at radius 3 is 2.52 bits per heavy atom. The first-order valence-electron chi connectivity index (χ1n) is 8.75. The summed E-state index contributed by atoms with van der Waals surface area (Å²) in [5.41, 5.74) is 2.76. The smallest absolute Gasteiger partial charge is 0.251 e. The largest absolute Gasteiger partial charge is 0.381 e. The molecule has 1 aliphatic heterocycles. The van der Waals surface area contributed by atoms with Crippen molar-refractivity contribution in [1.29, 1.82) is 0 Å². The Labute approximate surface area is 164 Å². The average Bonchev–Trinajstić information content (AvgIpc) is 2.62. The lowest BCUT2D eigenvalue weighted by Crippen LogP contribution is -2.15. The molecule has 0 saturated carbocycles. The van der Waals surface area contributed by atoms with Gasteiger partial charge in [-0.3, -0.25) is 4.79 Å². The minimum atomic E-state index is -3.41. The lowest BCUT2D eigenvalue weighted by molar-refractivity contribution is 0.0786. The molecule has 1 aromatic carbocycles. The SMILES string of the molecule is Cc1ccc(/C(=C\C2CCOCC2)c2ccc(S(C)(=O)=O)c(Cl)c2)[nH]c1=O. The Bertz CT molecular complexity index is 1030. The highest BCUT2D eigenvalue weighted by molar-refractivity contribution is 7.90. The number of halogens is 1. The Morgan fingerprint density at radius 1 is 1.22 bits per heavy atom. The molecule has 5 nitrogen and oxygen atoms in total. The molecule has 7 heteroatoms. The number of H-pyrrole nitrogens is 1. The second-order valence-corrected chi connectivity index (χ2v) is 9.22. The molecule has 0 aliphatic carbocycles. The Balaban J connectivity index is 2.12. The van der Waals surface area contributed by atoms with Crippen molar-refractivity contribution in [3.05, 3.63) is 68.6 Å². The summed E-state index contributed by atoms with van der Waals surface area (Å²) in [4.78, 5) is 15.1. The van der Waals surface area contributed by atoms with Gasteiger partial charge in [-0.15, -0.1) is 0 Å². The maximum absolute atomic E-state index is 12.1. The monoisotopic (exact) mass is 407 g/mol. The number of aryl methyl sites for hydroxylation is 1. The molecule has 3 rings (SSSR count). The number of rotatable bonds is 4. The van der Waals surface area contributed by atoms with Gasteiger partial charge in [0.05, 0.1) is 9.92 Å². The van der Waals surface area contributed by atoms with Crippen molar-refractivity contribution in [2.24, 2.45) is 5.92 Å². The zero-order chi connectivity index (χ0) is 19.6. The number of allylic oxidation sites excluding steroid dienone is 1. The Kier molecular flexibility index (Phi) is 5.89. The molecule has 1 saturated heterocycles. The van der Waals surface area contributed by atoms with E-state index in [1.165, 1.54) is 6.07 Å². The molecule has 1 aromatic heterocycles. The van der Waals surface area contributed by atoms with Crippen molar-refractivity contribution in [2.75, 3.05) is 19.5 Å². The quantitative estimate of drug-likeness (QED) is 0.840. The molecule has 2 aromatic rings. The first-order chi connectivity index (χ1) is 12.8. The van der Waals surface area contributed by atoms with Gasteiger partial charge in [-0.1, -0.05) is 29.8 Å². The van der Waals surface area contributed by atoms with Crippen LogP contribution < -0.4 is 5.56 Å². The number of aromatic nitrogens is 1. The average molecular weight is 408 g/mol. The first kappa shape index (κ1) is 19.9. The molecule has 0 unspecified atom stereocenters. The van der Waals surface area contributed by atoms with Crippen molar-refractivity contribution in [2.45, 2.75) is 24.7 Å². The van der Waals surface area contributed by atoms with Gasteiger partial charge in [0.1, 0.15) is 0 Å². The first-order valence-corrected chi connectivity index (χ1v) is 11.0. The maximum Gasteiger partial charge on any atom is 0.251 e.